The van der Waals surface area contributed by atoms with E-state index in [-0.39, 0.29) is 11.9 Å². The highest BCUT2D eigenvalue weighted by atomic mass is 16.1. The molecule has 0 bridgehead atoms. The van der Waals surface area contributed by atoms with Crippen molar-refractivity contribution in [1.29, 1.82) is 0 Å². The van der Waals surface area contributed by atoms with Gasteiger partial charge in [-0.1, -0.05) is 30.7 Å². The van der Waals surface area contributed by atoms with Crippen LogP contribution in [0.5, 0.6) is 0 Å². The number of primary amides is 1. The van der Waals surface area contributed by atoms with Gasteiger partial charge in [-0.15, -0.1) is 0 Å². The number of nitrogens with two attached hydrogens (primary N) is 1. The zero-order valence-corrected chi connectivity index (χ0v) is 11.3. The molecule has 19 heavy (non-hydrogen) atoms. The van der Waals surface area contributed by atoms with Gasteiger partial charge in [-0.3, -0.25) is 4.79 Å². The normalized spacial score (nSPS) is 27.8. The summed E-state index contributed by atoms with van der Waals surface area (Å²) in [7, 11) is 0. The van der Waals surface area contributed by atoms with Crippen molar-refractivity contribution in [2.75, 3.05) is 6.54 Å². The highest BCUT2D eigenvalue weighted by molar-refractivity contribution is 5.80. The van der Waals surface area contributed by atoms with Crippen LogP contribution in [0.2, 0.25) is 0 Å². The van der Waals surface area contributed by atoms with Gasteiger partial charge in [0.2, 0.25) is 5.91 Å². The third kappa shape index (κ3) is 2.52. The predicted molar refractivity (Wildman–Crippen MR) is 76.0 cm³/mol. The SMILES string of the molecule is NC(=O)C1CC(c2ccccc2C2CCC2)CCN1. The standard InChI is InChI=1S/C16H22N2O/c17-16(19)15-10-12(8-9-18-15)14-7-2-1-6-13(14)11-4-3-5-11/h1-2,6-7,11-12,15,18H,3-5,8-10H2,(H2,17,19). The van der Waals surface area contributed by atoms with Crippen molar-refractivity contribution in [3.8, 4) is 0 Å². The number of carbonyl (C=O) groups is 1. The van der Waals surface area contributed by atoms with Crippen molar-refractivity contribution < 1.29 is 4.79 Å². The van der Waals surface area contributed by atoms with Crippen molar-refractivity contribution in [2.45, 2.75) is 50.0 Å². The van der Waals surface area contributed by atoms with Gasteiger partial charge in [0, 0.05) is 0 Å². The molecule has 2 unspecified atom stereocenters. The molecule has 0 spiro atoms. The minimum absolute atomic E-state index is 0.159. The summed E-state index contributed by atoms with van der Waals surface area (Å²) < 4.78 is 0. The quantitative estimate of drug-likeness (QED) is 0.874. The summed E-state index contributed by atoms with van der Waals surface area (Å²) in [5.74, 6) is 1.01. The van der Waals surface area contributed by atoms with E-state index in [0.717, 1.165) is 25.3 Å². The molecular weight excluding hydrogens is 236 g/mol. The Hall–Kier alpha value is -1.35. The molecule has 1 amide bonds. The van der Waals surface area contributed by atoms with Crippen molar-refractivity contribution >= 4 is 5.91 Å². The van der Waals surface area contributed by atoms with E-state index >= 15 is 0 Å². The Morgan fingerprint density at radius 1 is 1.11 bits per heavy atom. The van der Waals surface area contributed by atoms with Gasteiger partial charge in [0.05, 0.1) is 6.04 Å². The number of benzene rings is 1. The molecule has 1 saturated heterocycles. The number of hydrogen-bond donors (Lipinski definition) is 2. The predicted octanol–water partition coefficient (Wildman–Crippen LogP) is 2.28. The summed E-state index contributed by atoms with van der Waals surface area (Å²) in [4.78, 5) is 11.4. The zero-order valence-electron chi connectivity index (χ0n) is 11.3. The first-order chi connectivity index (χ1) is 9.25. The fourth-order valence-electron chi connectivity index (χ4n) is 3.39. The van der Waals surface area contributed by atoms with Crippen molar-refractivity contribution in [2.24, 2.45) is 5.73 Å². The summed E-state index contributed by atoms with van der Waals surface area (Å²) in [5.41, 5.74) is 8.42. The number of carbonyl (C=O) groups excluding carboxylic acids is 1. The summed E-state index contributed by atoms with van der Waals surface area (Å²) in [6.07, 6.45) is 5.95. The molecule has 2 fully saturated rings. The van der Waals surface area contributed by atoms with Gasteiger partial charge in [-0.25, -0.2) is 0 Å². The van der Waals surface area contributed by atoms with E-state index in [1.54, 1.807) is 0 Å². The second-order valence-electron chi connectivity index (χ2n) is 5.89. The minimum atomic E-state index is -0.217. The summed E-state index contributed by atoms with van der Waals surface area (Å²) >= 11 is 0. The van der Waals surface area contributed by atoms with E-state index in [4.69, 9.17) is 5.73 Å². The molecule has 2 aliphatic rings. The van der Waals surface area contributed by atoms with Crippen LogP contribution in [-0.4, -0.2) is 18.5 Å². The second-order valence-corrected chi connectivity index (χ2v) is 5.89. The van der Waals surface area contributed by atoms with E-state index in [2.05, 4.69) is 29.6 Å². The molecule has 1 aliphatic heterocycles. The number of nitrogens with one attached hydrogen (secondary N) is 1. The van der Waals surface area contributed by atoms with Crippen LogP contribution >= 0.6 is 0 Å². The summed E-state index contributed by atoms with van der Waals surface area (Å²) in [5, 5.41) is 3.22. The fraction of sp³-hybridized carbons (Fsp3) is 0.562. The minimum Gasteiger partial charge on any atom is -0.368 e. The topological polar surface area (TPSA) is 55.1 Å². The summed E-state index contributed by atoms with van der Waals surface area (Å²) in [6.45, 7) is 0.886. The fourth-order valence-corrected chi connectivity index (χ4v) is 3.39. The lowest BCUT2D eigenvalue weighted by Crippen LogP contribution is -2.46. The summed E-state index contributed by atoms with van der Waals surface area (Å²) in [6, 6.07) is 8.64. The average molecular weight is 258 g/mol. The van der Waals surface area contributed by atoms with Gasteiger partial charge in [-0.2, -0.15) is 0 Å². The number of hydrogen-bond acceptors (Lipinski definition) is 2. The average Bonchev–Trinajstić information content (AvgIpc) is 2.37. The van der Waals surface area contributed by atoms with E-state index in [0.29, 0.717) is 5.92 Å². The molecule has 0 radical (unpaired) electrons. The maximum Gasteiger partial charge on any atom is 0.234 e. The second kappa shape index (κ2) is 5.33. The van der Waals surface area contributed by atoms with Gasteiger partial charge >= 0.3 is 0 Å². The van der Waals surface area contributed by atoms with E-state index in [1.165, 1.54) is 30.4 Å². The lowest BCUT2D eigenvalue weighted by molar-refractivity contribution is -0.120. The lowest BCUT2D eigenvalue weighted by Gasteiger charge is -2.34. The maximum atomic E-state index is 11.4. The monoisotopic (exact) mass is 258 g/mol. The third-order valence-corrected chi connectivity index (χ3v) is 4.73. The van der Waals surface area contributed by atoms with Gasteiger partial charge < -0.3 is 11.1 Å². The first-order valence-electron chi connectivity index (χ1n) is 7.37. The Balaban J connectivity index is 1.82. The van der Waals surface area contributed by atoms with Gasteiger partial charge in [-0.05, 0) is 55.2 Å². The maximum absolute atomic E-state index is 11.4. The van der Waals surface area contributed by atoms with Crippen LogP contribution in [0.1, 0.15) is 55.1 Å². The van der Waals surface area contributed by atoms with E-state index < -0.39 is 0 Å². The molecule has 2 atom stereocenters. The number of amides is 1. The lowest BCUT2D eigenvalue weighted by atomic mass is 9.74. The Kier molecular flexibility index (Phi) is 3.56. The van der Waals surface area contributed by atoms with E-state index in [1.807, 2.05) is 0 Å². The molecule has 1 heterocycles. The molecule has 3 N–H and O–H groups in total. The first-order valence-corrected chi connectivity index (χ1v) is 7.37. The molecule has 3 heteroatoms. The van der Waals surface area contributed by atoms with Crippen molar-refractivity contribution in [1.82, 2.24) is 5.32 Å². The zero-order chi connectivity index (χ0) is 13.2. The molecule has 3 rings (SSSR count). The van der Waals surface area contributed by atoms with Gasteiger partial charge in [0.25, 0.3) is 0 Å². The number of piperidine rings is 1. The number of rotatable bonds is 3. The van der Waals surface area contributed by atoms with Crippen LogP contribution in [-0.2, 0) is 4.79 Å². The molecule has 0 aromatic heterocycles. The smallest absolute Gasteiger partial charge is 0.234 e. The molecule has 1 saturated carbocycles. The van der Waals surface area contributed by atoms with Crippen LogP contribution in [0.3, 0.4) is 0 Å². The van der Waals surface area contributed by atoms with Crippen LogP contribution in [0.4, 0.5) is 0 Å². The van der Waals surface area contributed by atoms with Crippen molar-refractivity contribution in [3.63, 3.8) is 0 Å². The van der Waals surface area contributed by atoms with Crippen LogP contribution in [0, 0.1) is 0 Å². The molecule has 1 aliphatic carbocycles. The van der Waals surface area contributed by atoms with Gasteiger partial charge in [0.15, 0.2) is 0 Å². The molecule has 1 aromatic rings. The Bertz CT molecular complexity index is 468. The Morgan fingerprint density at radius 3 is 2.37 bits per heavy atom. The molecule has 1 aromatic carbocycles. The van der Waals surface area contributed by atoms with Crippen LogP contribution in [0.15, 0.2) is 24.3 Å². The highest BCUT2D eigenvalue weighted by Crippen LogP contribution is 2.41. The van der Waals surface area contributed by atoms with Crippen molar-refractivity contribution in [3.05, 3.63) is 35.4 Å². The van der Waals surface area contributed by atoms with Crippen LogP contribution < -0.4 is 11.1 Å². The molecule has 102 valence electrons. The first kappa shape index (κ1) is 12.7. The van der Waals surface area contributed by atoms with Crippen LogP contribution in [0.25, 0.3) is 0 Å². The van der Waals surface area contributed by atoms with E-state index in [9.17, 15) is 4.79 Å². The largest absolute Gasteiger partial charge is 0.368 e. The molecule has 3 nitrogen and oxygen atoms in total. The highest BCUT2D eigenvalue weighted by Gasteiger charge is 2.30. The molecular formula is C16H22N2O. The Labute approximate surface area is 114 Å². The van der Waals surface area contributed by atoms with Gasteiger partial charge in [0.1, 0.15) is 0 Å². The Morgan fingerprint density at radius 2 is 1.79 bits per heavy atom. The third-order valence-electron chi connectivity index (χ3n) is 4.73.